The van der Waals surface area contributed by atoms with E-state index >= 15 is 0 Å². The van der Waals surface area contributed by atoms with Crippen LogP contribution in [0.5, 0.6) is 0 Å². The van der Waals surface area contributed by atoms with Gasteiger partial charge in [0.2, 0.25) is 0 Å². The van der Waals surface area contributed by atoms with Gasteiger partial charge in [-0.1, -0.05) is 204 Å². The fourth-order valence-electron chi connectivity index (χ4n) is 12.2. The molecule has 68 heavy (non-hydrogen) atoms. The van der Waals surface area contributed by atoms with Crippen LogP contribution in [0.4, 0.5) is 0 Å². The summed E-state index contributed by atoms with van der Waals surface area (Å²) in [4.78, 5) is 0. The van der Waals surface area contributed by atoms with Crippen LogP contribution in [0.15, 0.2) is 146 Å². The zero-order valence-electron chi connectivity index (χ0n) is 41.9. The van der Waals surface area contributed by atoms with E-state index in [1.807, 2.05) is 0 Å². The normalized spacial score (nSPS) is 13.6. The molecule has 0 spiro atoms. The molecule has 0 saturated heterocycles. The van der Waals surface area contributed by atoms with Gasteiger partial charge in [0.1, 0.15) is 0 Å². The summed E-state index contributed by atoms with van der Waals surface area (Å²) in [5.74, 6) is 0. The van der Waals surface area contributed by atoms with Crippen molar-refractivity contribution in [2.24, 2.45) is 0 Å². The molecule has 0 saturated carbocycles. The summed E-state index contributed by atoms with van der Waals surface area (Å²) in [6.07, 6.45) is 0. The van der Waals surface area contributed by atoms with E-state index in [1.165, 1.54) is 152 Å². The lowest BCUT2D eigenvalue weighted by Crippen LogP contribution is -2.16. The molecule has 0 radical (unpaired) electrons. The Morgan fingerprint density at radius 1 is 0.221 bits per heavy atom. The van der Waals surface area contributed by atoms with Crippen LogP contribution < -0.4 is 0 Å². The molecular weight excluding hydrogens is 817 g/mol. The van der Waals surface area contributed by atoms with E-state index in [0.717, 1.165) is 0 Å². The third-order valence-corrected chi connectivity index (χ3v) is 16.0. The van der Waals surface area contributed by atoms with Crippen molar-refractivity contribution >= 4 is 108 Å². The topological polar surface area (TPSA) is 0 Å². The van der Waals surface area contributed by atoms with Crippen molar-refractivity contribution in [1.82, 2.24) is 0 Å². The number of hydrogen-bond donors (Lipinski definition) is 0. The molecule has 0 aliphatic rings. The van der Waals surface area contributed by atoms with Gasteiger partial charge in [0.05, 0.1) is 0 Å². The average Bonchev–Trinajstić information content (AvgIpc) is 3.78. The van der Waals surface area contributed by atoms with Crippen molar-refractivity contribution in [3.8, 4) is 22.3 Å². The highest BCUT2D eigenvalue weighted by atomic mass is 14.3. The van der Waals surface area contributed by atoms with Crippen molar-refractivity contribution in [3.05, 3.63) is 168 Å². The minimum atomic E-state index is -0.0542. The van der Waals surface area contributed by atoms with Crippen molar-refractivity contribution < 1.29 is 0 Å². The molecule has 0 atom stereocenters. The molecule has 0 heteroatoms. The van der Waals surface area contributed by atoms with Gasteiger partial charge in [-0.05, 0) is 198 Å². The molecule has 13 aromatic carbocycles. The lowest BCUT2D eigenvalue weighted by molar-refractivity contribution is 0.568. The Kier molecular flexibility index (Phi) is 8.21. The first-order chi connectivity index (χ1) is 32.2. The van der Waals surface area contributed by atoms with Crippen LogP contribution in [0.2, 0.25) is 0 Å². The minimum Gasteiger partial charge on any atom is -0.0616 e. The number of hydrogen-bond acceptors (Lipinski definition) is 0. The van der Waals surface area contributed by atoms with Gasteiger partial charge in [0.15, 0.2) is 0 Å². The first-order valence-corrected chi connectivity index (χ1v) is 24.9. The van der Waals surface area contributed by atoms with E-state index in [9.17, 15) is 0 Å². The number of fused-ring (bicyclic) bond motifs is 9. The van der Waals surface area contributed by atoms with Gasteiger partial charge >= 0.3 is 0 Å². The molecule has 0 aliphatic heterocycles. The predicted octanol–water partition coefficient (Wildman–Crippen LogP) is 20.1. The summed E-state index contributed by atoms with van der Waals surface area (Å²) in [6.45, 7) is 28.5. The maximum absolute atomic E-state index is 2.63. The standard InChI is InChI=1S/C68H60/c1-65(2,3)43-27-41(28-44(33-43)66(4,5)6)58-55-36-52-51(49-26-25-38-24-23-37-18-15-19-40-32-53(52)62(49)60(38)57(37)40)35-54(55)59(42-29-45(67(7,8)9)34-46(30-42)68(10,11)12)64-56-31-39-17-13-14-20-47(39)48-21-16-22-50(61(48)56)63(58)64/h13-36H,1-12H3. The summed E-state index contributed by atoms with van der Waals surface area (Å²) < 4.78 is 0. The van der Waals surface area contributed by atoms with Crippen LogP contribution in [0.25, 0.3) is 130 Å². The van der Waals surface area contributed by atoms with E-state index in [-0.39, 0.29) is 21.7 Å². The maximum atomic E-state index is 2.63. The second-order valence-electron chi connectivity index (χ2n) is 24.6. The molecule has 332 valence electrons. The average molecular weight is 877 g/mol. The highest BCUT2D eigenvalue weighted by Gasteiger charge is 2.30. The lowest BCUT2D eigenvalue weighted by Gasteiger charge is -2.28. The second kappa shape index (κ2) is 13.5. The summed E-state index contributed by atoms with van der Waals surface area (Å²) in [5.41, 5.74) is 10.5. The lowest BCUT2D eigenvalue weighted by atomic mass is 9.76. The van der Waals surface area contributed by atoms with Gasteiger partial charge in [-0.15, -0.1) is 0 Å². The minimum absolute atomic E-state index is 0.0536. The fourth-order valence-corrected chi connectivity index (χ4v) is 12.2. The second-order valence-corrected chi connectivity index (χ2v) is 24.6. The Bertz CT molecular complexity index is 4190. The van der Waals surface area contributed by atoms with Crippen LogP contribution >= 0.6 is 0 Å². The molecule has 13 aromatic rings. The monoisotopic (exact) mass is 876 g/mol. The van der Waals surface area contributed by atoms with Gasteiger partial charge in [-0.3, -0.25) is 0 Å². The Hall–Kier alpha value is -6.76. The smallest absolute Gasteiger partial charge is 0.000719 e. The van der Waals surface area contributed by atoms with E-state index < -0.39 is 0 Å². The van der Waals surface area contributed by atoms with Crippen LogP contribution in [0.3, 0.4) is 0 Å². The highest BCUT2D eigenvalue weighted by molar-refractivity contribution is 6.45. The molecule has 0 heterocycles. The van der Waals surface area contributed by atoms with Gasteiger partial charge in [0.25, 0.3) is 0 Å². The van der Waals surface area contributed by atoms with Crippen LogP contribution in [-0.2, 0) is 21.7 Å². The van der Waals surface area contributed by atoms with Crippen molar-refractivity contribution in [1.29, 1.82) is 0 Å². The number of benzene rings is 11. The summed E-state index contributed by atoms with van der Waals surface area (Å²) in [5, 5.41) is 26.8. The summed E-state index contributed by atoms with van der Waals surface area (Å²) in [6, 6.07) is 57.9. The molecule has 0 N–H and O–H groups in total. The fraction of sp³-hybridized carbons (Fsp3) is 0.235. The van der Waals surface area contributed by atoms with Crippen molar-refractivity contribution in [2.45, 2.75) is 105 Å². The molecule has 0 fully saturated rings. The summed E-state index contributed by atoms with van der Waals surface area (Å²) in [7, 11) is 0. The van der Waals surface area contributed by atoms with Crippen LogP contribution in [0, 0.1) is 0 Å². The van der Waals surface area contributed by atoms with Crippen molar-refractivity contribution in [2.75, 3.05) is 0 Å². The molecule has 13 rings (SSSR count). The van der Waals surface area contributed by atoms with Crippen LogP contribution in [0.1, 0.15) is 105 Å². The predicted molar refractivity (Wildman–Crippen MR) is 301 cm³/mol. The third kappa shape index (κ3) is 5.79. The quantitative estimate of drug-likeness (QED) is 0.152. The SMILES string of the molecule is CC(C)(C)c1cc(-c2c3cc4c(cc3c(-c3cc(C(C)(C)C)cc(C(C)(C)C)c3)c3c5cc6ccccc6c6cccc(c23)c65)c2ccc3ccc5cccc6cc4c2c3c56)cc(C(C)(C)C)c1. The van der Waals surface area contributed by atoms with E-state index in [0.29, 0.717) is 0 Å². The molecule has 0 unspecified atom stereocenters. The Labute approximate surface area is 400 Å². The highest BCUT2D eigenvalue weighted by Crippen LogP contribution is 2.56. The Morgan fingerprint density at radius 2 is 0.647 bits per heavy atom. The van der Waals surface area contributed by atoms with E-state index in [4.69, 9.17) is 0 Å². The Morgan fingerprint density at radius 3 is 1.24 bits per heavy atom. The zero-order chi connectivity index (χ0) is 47.1. The molecular formula is C68H60. The first kappa shape index (κ1) is 41.4. The molecule has 0 nitrogen and oxygen atoms in total. The third-order valence-electron chi connectivity index (χ3n) is 16.0. The molecule has 0 bridgehead atoms. The molecule has 0 amide bonds. The van der Waals surface area contributed by atoms with Gasteiger partial charge in [-0.25, -0.2) is 0 Å². The van der Waals surface area contributed by atoms with Gasteiger partial charge in [-0.2, -0.15) is 0 Å². The van der Waals surface area contributed by atoms with Crippen molar-refractivity contribution in [3.63, 3.8) is 0 Å². The van der Waals surface area contributed by atoms with E-state index in [1.54, 1.807) is 0 Å². The van der Waals surface area contributed by atoms with E-state index in [2.05, 4.69) is 229 Å². The zero-order valence-corrected chi connectivity index (χ0v) is 41.9. The maximum Gasteiger partial charge on any atom is -0.000719 e. The first-order valence-electron chi connectivity index (χ1n) is 24.9. The largest absolute Gasteiger partial charge is 0.0616 e. The molecule has 0 aromatic heterocycles. The van der Waals surface area contributed by atoms with Crippen LogP contribution in [-0.4, -0.2) is 0 Å². The van der Waals surface area contributed by atoms with Gasteiger partial charge < -0.3 is 0 Å². The Balaban J connectivity index is 1.35. The molecule has 0 aliphatic carbocycles. The number of rotatable bonds is 2. The van der Waals surface area contributed by atoms with Gasteiger partial charge in [0, 0.05) is 0 Å². The summed E-state index contributed by atoms with van der Waals surface area (Å²) >= 11 is 0.